The Bertz CT molecular complexity index is 471. The maximum absolute atomic E-state index is 13.4. The first kappa shape index (κ1) is 17.1. The largest absolute Gasteiger partial charge is 0.370 e. The van der Waals surface area contributed by atoms with Crippen molar-refractivity contribution in [1.82, 2.24) is 4.90 Å². The number of aliphatic imine (C=N–C) groups is 1. The predicted molar refractivity (Wildman–Crippen MR) is 87.1 cm³/mol. The minimum absolute atomic E-state index is 0. The molecule has 1 saturated heterocycles. The molecule has 0 aromatic heterocycles. The zero-order valence-electron chi connectivity index (χ0n) is 11.5. The Labute approximate surface area is 135 Å². The standard InChI is InChI=1S/C14H19F2N3.HI/c1-10-4-6-19(7-5-10)14(17)18-9-11-8-12(15)2-3-13(11)16;/h2-3,8,10H,4-7,9H2,1H3,(H2,17,18);1H. The molecule has 112 valence electrons. The Balaban J connectivity index is 0.00000200. The van der Waals surface area contributed by atoms with E-state index in [1.165, 1.54) is 0 Å². The smallest absolute Gasteiger partial charge is 0.191 e. The second-order valence-electron chi connectivity index (χ2n) is 5.08. The van der Waals surface area contributed by atoms with Crippen LogP contribution in [-0.4, -0.2) is 23.9 Å². The third-order valence-electron chi connectivity index (χ3n) is 3.53. The molecule has 0 bridgehead atoms. The van der Waals surface area contributed by atoms with Gasteiger partial charge in [0, 0.05) is 18.7 Å². The Hall–Kier alpha value is -0.920. The van der Waals surface area contributed by atoms with E-state index >= 15 is 0 Å². The third kappa shape index (κ3) is 4.57. The van der Waals surface area contributed by atoms with Crippen LogP contribution in [0.3, 0.4) is 0 Å². The summed E-state index contributed by atoms with van der Waals surface area (Å²) in [6.07, 6.45) is 2.18. The Morgan fingerprint density at radius 2 is 2.00 bits per heavy atom. The SMILES string of the molecule is CC1CCN(C(N)=NCc2cc(F)ccc2F)CC1.I. The molecule has 3 nitrogen and oxygen atoms in total. The molecular weight excluding hydrogens is 375 g/mol. The van der Waals surface area contributed by atoms with Crippen molar-refractivity contribution in [3.05, 3.63) is 35.4 Å². The summed E-state index contributed by atoms with van der Waals surface area (Å²) in [6.45, 7) is 4.04. The van der Waals surface area contributed by atoms with Gasteiger partial charge in [-0.15, -0.1) is 24.0 Å². The van der Waals surface area contributed by atoms with Crippen LogP contribution >= 0.6 is 24.0 Å². The first-order valence-electron chi connectivity index (χ1n) is 6.55. The maximum atomic E-state index is 13.4. The summed E-state index contributed by atoms with van der Waals surface area (Å²) in [5.74, 6) is 0.211. The van der Waals surface area contributed by atoms with E-state index in [1.807, 2.05) is 4.90 Å². The van der Waals surface area contributed by atoms with Crippen molar-refractivity contribution in [1.29, 1.82) is 0 Å². The van der Waals surface area contributed by atoms with Gasteiger partial charge < -0.3 is 10.6 Å². The second-order valence-corrected chi connectivity index (χ2v) is 5.08. The molecule has 1 aliphatic rings. The summed E-state index contributed by atoms with van der Waals surface area (Å²) in [6, 6.07) is 3.36. The quantitative estimate of drug-likeness (QED) is 0.475. The molecule has 2 rings (SSSR count). The summed E-state index contributed by atoms with van der Waals surface area (Å²) in [5, 5.41) is 0. The van der Waals surface area contributed by atoms with Gasteiger partial charge in [0.25, 0.3) is 0 Å². The molecule has 6 heteroatoms. The van der Waals surface area contributed by atoms with Crippen molar-refractivity contribution in [2.75, 3.05) is 13.1 Å². The van der Waals surface area contributed by atoms with E-state index in [0.29, 0.717) is 11.9 Å². The lowest BCUT2D eigenvalue weighted by molar-refractivity contribution is 0.277. The summed E-state index contributed by atoms with van der Waals surface area (Å²) >= 11 is 0. The fraction of sp³-hybridized carbons (Fsp3) is 0.500. The van der Waals surface area contributed by atoms with Crippen LogP contribution in [0.25, 0.3) is 0 Å². The van der Waals surface area contributed by atoms with Gasteiger partial charge in [0.05, 0.1) is 6.54 Å². The zero-order chi connectivity index (χ0) is 13.8. The lowest BCUT2D eigenvalue weighted by Gasteiger charge is -2.31. The minimum Gasteiger partial charge on any atom is -0.370 e. The van der Waals surface area contributed by atoms with Gasteiger partial charge in [0.2, 0.25) is 0 Å². The molecule has 0 aliphatic carbocycles. The first-order chi connectivity index (χ1) is 9.06. The van der Waals surface area contributed by atoms with Crippen molar-refractivity contribution >= 4 is 29.9 Å². The zero-order valence-corrected chi connectivity index (χ0v) is 13.8. The van der Waals surface area contributed by atoms with E-state index < -0.39 is 11.6 Å². The number of rotatable bonds is 2. The van der Waals surface area contributed by atoms with E-state index in [4.69, 9.17) is 5.73 Å². The van der Waals surface area contributed by atoms with Crippen molar-refractivity contribution < 1.29 is 8.78 Å². The number of hydrogen-bond donors (Lipinski definition) is 1. The lowest BCUT2D eigenvalue weighted by Crippen LogP contribution is -2.42. The molecule has 2 N–H and O–H groups in total. The molecule has 1 aromatic rings. The van der Waals surface area contributed by atoms with Gasteiger partial charge in [-0.25, -0.2) is 13.8 Å². The highest BCUT2D eigenvalue weighted by Gasteiger charge is 2.17. The number of nitrogens with two attached hydrogens (primary N) is 1. The Morgan fingerprint density at radius 1 is 1.35 bits per heavy atom. The van der Waals surface area contributed by atoms with Crippen molar-refractivity contribution in [2.24, 2.45) is 16.6 Å². The molecule has 20 heavy (non-hydrogen) atoms. The molecule has 0 saturated carbocycles. The van der Waals surface area contributed by atoms with Crippen LogP contribution in [0.15, 0.2) is 23.2 Å². The van der Waals surface area contributed by atoms with E-state index in [9.17, 15) is 8.78 Å². The van der Waals surface area contributed by atoms with Gasteiger partial charge in [-0.3, -0.25) is 0 Å². The van der Waals surface area contributed by atoms with E-state index in [2.05, 4.69) is 11.9 Å². The summed E-state index contributed by atoms with van der Waals surface area (Å²) in [5.41, 5.74) is 6.12. The number of guanidine groups is 1. The fourth-order valence-corrected chi connectivity index (χ4v) is 2.17. The van der Waals surface area contributed by atoms with Gasteiger partial charge in [-0.05, 0) is 37.0 Å². The maximum Gasteiger partial charge on any atom is 0.191 e. The van der Waals surface area contributed by atoms with Crippen molar-refractivity contribution in [2.45, 2.75) is 26.3 Å². The average molecular weight is 395 g/mol. The molecule has 0 radical (unpaired) electrons. The van der Waals surface area contributed by atoms with E-state index in [-0.39, 0.29) is 36.1 Å². The molecular formula is C14H20F2IN3. The fourth-order valence-electron chi connectivity index (χ4n) is 2.17. The van der Waals surface area contributed by atoms with Gasteiger partial charge in [-0.2, -0.15) is 0 Å². The highest BCUT2D eigenvalue weighted by atomic mass is 127. The number of halogens is 3. The number of nitrogens with zero attached hydrogens (tertiary/aromatic N) is 2. The van der Waals surface area contributed by atoms with Crippen molar-refractivity contribution in [3.8, 4) is 0 Å². The van der Waals surface area contributed by atoms with Crippen LogP contribution in [0.1, 0.15) is 25.3 Å². The van der Waals surface area contributed by atoms with Crippen LogP contribution in [0.4, 0.5) is 8.78 Å². The highest BCUT2D eigenvalue weighted by Crippen LogP contribution is 2.16. The van der Waals surface area contributed by atoms with E-state index in [0.717, 1.165) is 44.1 Å². The van der Waals surface area contributed by atoms with Gasteiger partial charge in [0.1, 0.15) is 11.6 Å². The molecule has 1 heterocycles. The van der Waals surface area contributed by atoms with Crippen LogP contribution in [-0.2, 0) is 6.54 Å². The normalized spacial score (nSPS) is 16.9. The van der Waals surface area contributed by atoms with Gasteiger partial charge in [0.15, 0.2) is 5.96 Å². The minimum atomic E-state index is -0.461. The van der Waals surface area contributed by atoms with Crippen LogP contribution in [0, 0.1) is 17.6 Å². The summed E-state index contributed by atoms with van der Waals surface area (Å²) in [7, 11) is 0. The topological polar surface area (TPSA) is 41.6 Å². The molecule has 1 fully saturated rings. The average Bonchev–Trinajstić information content (AvgIpc) is 2.40. The monoisotopic (exact) mass is 395 g/mol. The molecule has 0 atom stereocenters. The second kappa shape index (κ2) is 7.75. The Morgan fingerprint density at radius 3 is 2.65 bits per heavy atom. The van der Waals surface area contributed by atoms with Gasteiger partial charge >= 0.3 is 0 Å². The number of likely N-dealkylation sites (tertiary alicyclic amines) is 1. The number of benzene rings is 1. The number of piperidine rings is 1. The molecule has 0 unspecified atom stereocenters. The summed E-state index contributed by atoms with van der Waals surface area (Å²) < 4.78 is 26.4. The first-order valence-corrected chi connectivity index (χ1v) is 6.55. The van der Waals surface area contributed by atoms with Crippen LogP contribution in [0.2, 0.25) is 0 Å². The van der Waals surface area contributed by atoms with Crippen LogP contribution in [0.5, 0.6) is 0 Å². The summed E-state index contributed by atoms with van der Waals surface area (Å²) in [4.78, 5) is 6.16. The highest BCUT2D eigenvalue weighted by molar-refractivity contribution is 14.0. The van der Waals surface area contributed by atoms with Crippen molar-refractivity contribution in [3.63, 3.8) is 0 Å². The molecule has 1 aromatic carbocycles. The third-order valence-corrected chi connectivity index (χ3v) is 3.53. The van der Waals surface area contributed by atoms with E-state index in [1.54, 1.807) is 0 Å². The number of hydrogen-bond acceptors (Lipinski definition) is 1. The molecule has 0 spiro atoms. The van der Waals surface area contributed by atoms with Gasteiger partial charge in [-0.1, -0.05) is 6.92 Å². The predicted octanol–water partition coefficient (Wildman–Crippen LogP) is 3.13. The lowest BCUT2D eigenvalue weighted by atomic mass is 10.00. The van der Waals surface area contributed by atoms with Crippen LogP contribution < -0.4 is 5.73 Å². The molecule has 1 aliphatic heterocycles. The molecule has 0 amide bonds. The Kier molecular flexibility index (Phi) is 6.64.